The number of rotatable bonds is 2. The molecule has 0 aliphatic heterocycles. The van der Waals surface area contributed by atoms with Crippen LogP contribution in [0.2, 0.25) is 5.15 Å². The minimum absolute atomic E-state index is 0.0309. The smallest absolute Gasteiger partial charge is 0.214 e. The third-order valence-electron chi connectivity index (χ3n) is 2.48. The molecule has 0 unspecified atom stereocenters. The van der Waals surface area contributed by atoms with Crippen molar-refractivity contribution in [3.63, 3.8) is 0 Å². The van der Waals surface area contributed by atoms with E-state index >= 15 is 0 Å². The summed E-state index contributed by atoms with van der Waals surface area (Å²) < 4.78 is 5.47. The molecule has 0 amide bonds. The van der Waals surface area contributed by atoms with Crippen LogP contribution in [0.15, 0.2) is 28.7 Å². The van der Waals surface area contributed by atoms with Crippen molar-refractivity contribution in [2.75, 3.05) is 7.11 Å². The molecule has 0 bridgehead atoms. The average Bonchev–Trinajstić information content (AvgIpc) is 2.40. The van der Waals surface area contributed by atoms with E-state index in [1.807, 2.05) is 6.07 Å². The predicted octanol–water partition coefficient (Wildman–Crippen LogP) is 3.75. The molecule has 2 aromatic rings. The molecular formula is C13H8BrClN2O2. The van der Waals surface area contributed by atoms with Gasteiger partial charge in [-0.15, -0.1) is 0 Å². The third kappa shape index (κ3) is 2.80. The molecule has 0 saturated carbocycles. The number of methoxy groups -OCH3 is 1. The van der Waals surface area contributed by atoms with E-state index in [1.54, 1.807) is 24.3 Å². The number of aromatic nitrogens is 1. The van der Waals surface area contributed by atoms with E-state index in [0.717, 1.165) is 0 Å². The zero-order chi connectivity index (χ0) is 14.0. The molecule has 2 rings (SSSR count). The number of nitrogens with zero attached hydrogens (tertiary/aromatic N) is 2. The number of nitriles is 1. The summed E-state index contributed by atoms with van der Waals surface area (Å²) in [6, 6.07) is 8.37. The molecule has 0 spiro atoms. The fraction of sp³-hybridized carbons (Fsp3) is 0.0769. The SMILES string of the molecule is COc1cc(-c2cc(C#N)cc(Br)c2O)cc(Cl)n1. The third-order valence-corrected chi connectivity index (χ3v) is 3.28. The highest BCUT2D eigenvalue weighted by Gasteiger charge is 2.12. The first-order valence-corrected chi connectivity index (χ1v) is 6.37. The minimum Gasteiger partial charge on any atom is -0.506 e. The van der Waals surface area contributed by atoms with Gasteiger partial charge in [0, 0.05) is 11.6 Å². The second kappa shape index (κ2) is 5.47. The predicted molar refractivity (Wildman–Crippen MR) is 75.3 cm³/mol. The van der Waals surface area contributed by atoms with Gasteiger partial charge in [0.25, 0.3) is 0 Å². The summed E-state index contributed by atoms with van der Waals surface area (Å²) in [5, 5.41) is 19.3. The first kappa shape index (κ1) is 13.7. The van der Waals surface area contributed by atoms with Gasteiger partial charge >= 0.3 is 0 Å². The molecule has 0 atom stereocenters. The lowest BCUT2D eigenvalue weighted by molar-refractivity contribution is 0.398. The maximum atomic E-state index is 10.1. The van der Waals surface area contributed by atoms with Crippen LogP contribution in [-0.2, 0) is 0 Å². The van der Waals surface area contributed by atoms with Crippen LogP contribution in [0.25, 0.3) is 11.1 Å². The Hall–Kier alpha value is -1.77. The van der Waals surface area contributed by atoms with Gasteiger partial charge in [-0.1, -0.05) is 11.6 Å². The molecule has 96 valence electrons. The highest BCUT2D eigenvalue weighted by molar-refractivity contribution is 9.10. The molecule has 0 saturated heterocycles. The van der Waals surface area contributed by atoms with Gasteiger partial charge in [0.1, 0.15) is 10.9 Å². The standard InChI is InChI=1S/C13H8BrClN2O2/c1-19-12-5-8(4-11(15)17-12)9-2-7(6-16)3-10(14)13(9)18/h2-5,18H,1H3. The summed E-state index contributed by atoms with van der Waals surface area (Å²) in [4.78, 5) is 3.96. The van der Waals surface area contributed by atoms with Gasteiger partial charge in [0.2, 0.25) is 5.88 Å². The van der Waals surface area contributed by atoms with Crippen LogP contribution < -0.4 is 4.74 Å². The molecule has 6 heteroatoms. The average molecular weight is 340 g/mol. The first-order valence-electron chi connectivity index (χ1n) is 5.19. The van der Waals surface area contributed by atoms with Crippen LogP contribution in [0.3, 0.4) is 0 Å². The van der Waals surface area contributed by atoms with Gasteiger partial charge < -0.3 is 9.84 Å². The van der Waals surface area contributed by atoms with Crippen molar-refractivity contribution in [3.05, 3.63) is 39.5 Å². The zero-order valence-electron chi connectivity index (χ0n) is 9.82. The normalized spacial score (nSPS) is 10.0. The number of aromatic hydroxyl groups is 1. The van der Waals surface area contributed by atoms with Gasteiger partial charge in [-0.05, 0) is 39.7 Å². The van der Waals surface area contributed by atoms with Crippen molar-refractivity contribution < 1.29 is 9.84 Å². The van der Waals surface area contributed by atoms with Crippen molar-refractivity contribution in [3.8, 4) is 28.8 Å². The Bertz CT molecular complexity index is 683. The lowest BCUT2D eigenvalue weighted by atomic mass is 10.0. The van der Waals surface area contributed by atoms with Crippen molar-refractivity contribution >= 4 is 27.5 Å². The highest BCUT2D eigenvalue weighted by Crippen LogP contribution is 2.38. The number of phenolic OH excluding ortho intramolecular Hbond substituents is 1. The summed E-state index contributed by atoms with van der Waals surface area (Å²) in [6.07, 6.45) is 0. The van der Waals surface area contributed by atoms with E-state index in [1.165, 1.54) is 7.11 Å². The summed E-state index contributed by atoms with van der Waals surface area (Å²) in [7, 11) is 1.48. The van der Waals surface area contributed by atoms with E-state index in [-0.39, 0.29) is 10.9 Å². The van der Waals surface area contributed by atoms with E-state index in [2.05, 4.69) is 20.9 Å². The van der Waals surface area contributed by atoms with Crippen molar-refractivity contribution in [2.45, 2.75) is 0 Å². The van der Waals surface area contributed by atoms with Crippen LogP contribution in [0.4, 0.5) is 0 Å². The maximum Gasteiger partial charge on any atom is 0.214 e. The summed E-state index contributed by atoms with van der Waals surface area (Å²) in [5.41, 5.74) is 1.52. The first-order chi connectivity index (χ1) is 9.05. The number of hydrogen-bond acceptors (Lipinski definition) is 4. The van der Waals surface area contributed by atoms with Crippen LogP contribution in [0.1, 0.15) is 5.56 Å². The topological polar surface area (TPSA) is 66.1 Å². The summed E-state index contributed by atoms with van der Waals surface area (Å²) in [6.45, 7) is 0. The Kier molecular flexibility index (Phi) is 3.93. The largest absolute Gasteiger partial charge is 0.506 e. The summed E-state index contributed by atoms with van der Waals surface area (Å²) in [5.74, 6) is 0.365. The molecule has 1 N–H and O–H groups in total. The number of phenols is 1. The monoisotopic (exact) mass is 338 g/mol. The zero-order valence-corrected chi connectivity index (χ0v) is 12.2. The second-order valence-corrected chi connectivity index (χ2v) is 4.93. The van der Waals surface area contributed by atoms with Crippen molar-refractivity contribution in [2.24, 2.45) is 0 Å². The number of halogens is 2. The lowest BCUT2D eigenvalue weighted by Crippen LogP contribution is -1.90. The number of hydrogen-bond donors (Lipinski definition) is 1. The van der Waals surface area contributed by atoms with E-state index in [9.17, 15) is 5.11 Å². The van der Waals surface area contributed by atoms with Crippen LogP contribution in [-0.4, -0.2) is 17.2 Å². The van der Waals surface area contributed by atoms with Crippen molar-refractivity contribution in [1.82, 2.24) is 4.98 Å². The van der Waals surface area contributed by atoms with E-state index < -0.39 is 0 Å². The van der Waals surface area contributed by atoms with E-state index in [4.69, 9.17) is 21.6 Å². The number of benzene rings is 1. The molecule has 1 aromatic carbocycles. The quantitative estimate of drug-likeness (QED) is 0.846. The van der Waals surface area contributed by atoms with E-state index in [0.29, 0.717) is 27.0 Å². The van der Waals surface area contributed by atoms with Crippen LogP contribution in [0, 0.1) is 11.3 Å². The van der Waals surface area contributed by atoms with Crippen molar-refractivity contribution in [1.29, 1.82) is 5.26 Å². The molecule has 0 aliphatic rings. The second-order valence-electron chi connectivity index (χ2n) is 3.69. The Labute approximate surface area is 123 Å². The Morgan fingerprint density at radius 3 is 2.74 bits per heavy atom. The van der Waals surface area contributed by atoms with Crippen LogP contribution >= 0.6 is 27.5 Å². The van der Waals surface area contributed by atoms with Gasteiger partial charge in [-0.3, -0.25) is 0 Å². The molecule has 1 heterocycles. The van der Waals surface area contributed by atoms with Crippen LogP contribution in [0.5, 0.6) is 11.6 Å². The molecule has 4 nitrogen and oxygen atoms in total. The number of ether oxygens (including phenoxy) is 1. The fourth-order valence-electron chi connectivity index (χ4n) is 1.62. The number of pyridine rings is 1. The van der Waals surface area contributed by atoms with Gasteiger partial charge in [0.05, 0.1) is 23.2 Å². The maximum absolute atomic E-state index is 10.1. The molecular weight excluding hydrogens is 332 g/mol. The van der Waals surface area contributed by atoms with Gasteiger partial charge in [0.15, 0.2) is 0 Å². The highest BCUT2D eigenvalue weighted by atomic mass is 79.9. The molecule has 0 aliphatic carbocycles. The molecule has 0 fully saturated rings. The van der Waals surface area contributed by atoms with Gasteiger partial charge in [-0.2, -0.15) is 5.26 Å². The Balaban J connectivity index is 2.68. The Morgan fingerprint density at radius 1 is 1.37 bits per heavy atom. The molecule has 0 radical (unpaired) electrons. The Morgan fingerprint density at radius 2 is 2.11 bits per heavy atom. The lowest BCUT2D eigenvalue weighted by Gasteiger charge is -2.09. The van der Waals surface area contributed by atoms with Gasteiger partial charge in [-0.25, -0.2) is 4.98 Å². The molecule has 1 aromatic heterocycles. The minimum atomic E-state index is 0.0309. The summed E-state index contributed by atoms with van der Waals surface area (Å²) >= 11 is 9.10. The molecule has 19 heavy (non-hydrogen) atoms. The fourth-order valence-corrected chi connectivity index (χ4v) is 2.28.